The number of aliphatic imine (C=N–C) groups is 1. The van der Waals surface area contributed by atoms with Gasteiger partial charge >= 0.3 is 6.18 Å². The van der Waals surface area contributed by atoms with Crippen molar-refractivity contribution in [1.29, 1.82) is 0 Å². The Hall–Kier alpha value is -1.92. The van der Waals surface area contributed by atoms with Gasteiger partial charge in [-0.25, -0.2) is 4.99 Å². The van der Waals surface area contributed by atoms with Gasteiger partial charge in [0.1, 0.15) is 5.75 Å². The number of nitrogens with two attached hydrogens (primary N) is 1. The quantitative estimate of drug-likeness (QED) is 0.462. The highest BCUT2D eigenvalue weighted by Gasteiger charge is 2.28. The second kappa shape index (κ2) is 8.39. The summed E-state index contributed by atoms with van der Waals surface area (Å²) >= 11 is 0. The lowest BCUT2D eigenvalue weighted by atomic mass is 10.2. The van der Waals surface area contributed by atoms with E-state index in [0.717, 1.165) is 19.4 Å². The average Bonchev–Trinajstić information content (AvgIpc) is 2.43. The maximum atomic E-state index is 12.2. The van der Waals surface area contributed by atoms with Crippen LogP contribution >= 0.6 is 0 Å². The van der Waals surface area contributed by atoms with Gasteiger partial charge in [-0.05, 0) is 12.5 Å². The number of alkyl halides is 3. The number of nitrogens with zero attached hydrogens (tertiary/aromatic N) is 1. The van der Waals surface area contributed by atoms with Crippen molar-refractivity contribution in [3.63, 3.8) is 0 Å². The predicted octanol–water partition coefficient (Wildman–Crippen LogP) is 2.83. The molecule has 0 aliphatic rings. The van der Waals surface area contributed by atoms with E-state index >= 15 is 0 Å². The molecule has 0 atom stereocenters. The number of rotatable bonds is 7. The summed E-state index contributed by atoms with van der Waals surface area (Å²) in [5, 5.41) is 2.94. The summed E-state index contributed by atoms with van der Waals surface area (Å²) in [6, 6.07) is 6.47. The number of hydrogen-bond acceptors (Lipinski definition) is 2. The fourth-order valence-corrected chi connectivity index (χ4v) is 1.55. The molecule has 0 unspecified atom stereocenters. The first kappa shape index (κ1) is 17.1. The molecule has 0 radical (unpaired) electrons. The van der Waals surface area contributed by atoms with Crippen molar-refractivity contribution < 1.29 is 17.9 Å². The third-order valence-corrected chi connectivity index (χ3v) is 2.62. The van der Waals surface area contributed by atoms with Crippen LogP contribution in [0, 0.1) is 0 Å². The van der Waals surface area contributed by atoms with E-state index in [0.29, 0.717) is 5.56 Å². The van der Waals surface area contributed by atoms with E-state index in [4.69, 9.17) is 10.5 Å². The Morgan fingerprint density at radius 2 is 2.05 bits per heavy atom. The number of para-hydroxylation sites is 1. The summed E-state index contributed by atoms with van der Waals surface area (Å²) in [6.45, 7) is 1.62. The van der Waals surface area contributed by atoms with Gasteiger partial charge in [0, 0.05) is 12.1 Å². The Morgan fingerprint density at radius 1 is 1.33 bits per heavy atom. The second-order valence-corrected chi connectivity index (χ2v) is 4.49. The number of ether oxygens (including phenoxy) is 1. The van der Waals surface area contributed by atoms with Gasteiger partial charge in [-0.15, -0.1) is 0 Å². The summed E-state index contributed by atoms with van der Waals surface area (Å²) in [5.41, 5.74) is 6.23. The van der Waals surface area contributed by atoms with E-state index in [9.17, 15) is 13.2 Å². The lowest BCUT2D eigenvalue weighted by molar-refractivity contribution is -0.153. The van der Waals surface area contributed by atoms with Crippen molar-refractivity contribution in [2.75, 3.05) is 13.2 Å². The number of nitrogens with one attached hydrogen (secondary N) is 1. The van der Waals surface area contributed by atoms with Crippen LogP contribution in [0.3, 0.4) is 0 Å². The molecular weight excluding hydrogens is 283 g/mol. The molecule has 1 aromatic carbocycles. The lowest BCUT2D eigenvalue weighted by Gasteiger charge is -2.12. The van der Waals surface area contributed by atoms with Crippen LogP contribution in [0.4, 0.5) is 13.2 Å². The van der Waals surface area contributed by atoms with E-state index in [1.165, 1.54) is 6.07 Å². The Morgan fingerprint density at radius 3 is 2.71 bits per heavy atom. The van der Waals surface area contributed by atoms with E-state index < -0.39 is 12.8 Å². The topological polar surface area (TPSA) is 59.6 Å². The minimum absolute atomic E-state index is 0.166. The molecule has 0 amide bonds. The highest BCUT2D eigenvalue weighted by Crippen LogP contribution is 2.22. The summed E-state index contributed by atoms with van der Waals surface area (Å²) in [5.74, 6) is 0.439. The molecule has 0 aliphatic carbocycles. The van der Waals surface area contributed by atoms with Crippen LogP contribution in [0.15, 0.2) is 29.3 Å². The van der Waals surface area contributed by atoms with Crippen LogP contribution < -0.4 is 15.8 Å². The van der Waals surface area contributed by atoms with E-state index in [1.54, 1.807) is 18.2 Å². The summed E-state index contributed by atoms with van der Waals surface area (Å²) < 4.78 is 41.3. The molecule has 0 spiro atoms. The van der Waals surface area contributed by atoms with Crippen molar-refractivity contribution in [3.8, 4) is 5.75 Å². The molecule has 4 nitrogen and oxygen atoms in total. The maximum absolute atomic E-state index is 12.2. The molecule has 0 bridgehead atoms. The van der Waals surface area contributed by atoms with Crippen LogP contribution in [0.25, 0.3) is 0 Å². The molecule has 1 aromatic rings. The van der Waals surface area contributed by atoms with Crippen LogP contribution in [0.5, 0.6) is 5.75 Å². The molecule has 0 aliphatic heterocycles. The third kappa shape index (κ3) is 7.43. The molecule has 0 heterocycles. The van der Waals surface area contributed by atoms with Gasteiger partial charge in [-0.1, -0.05) is 31.5 Å². The smallest absolute Gasteiger partial charge is 0.422 e. The first-order valence-corrected chi connectivity index (χ1v) is 6.73. The standard InChI is InChI=1S/C14H20F3N3O/c1-2-3-8-19-13(18)20-9-11-6-4-5-7-12(11)21-10-14(15,16)17/h4-7H,2-3,8-10H2,1H3,(H3,18,19,20). The Labute approximate surface area is 122 Å². The fraction of sp³-hybridized carbons (Fsp3) is 0.500. The van der Waals surface area contributed by atoms with Crippen molar-refractivity contribution in [2.45, 2.75) is 32.5 Å². The van der Waals surface area contributed by atoms with Gasteiger partial charge in [0.05, 0.1) is 6.54 Å². The molecule has 3 N–H and O–H groups in total. The van der Waals surface area contributed by atoms with Crippen molar-refractivity contribution in [3.05, 3.63) is 29.8 Å². The van der Waals surface area contributed by atoms with Crippen molar-refractivity contribution >= 4 is 5.96 Å². The van der Waals surface area contributed by atoms with Crippen LogP contribution in [0.2, 0.25) is 0 Å². The number of halogens is 3. The van der Waals surface area contributed by atoms with E-state index in [-0.39, 0.29) is 18.3 Å². The number of benzene rings is 1. The highest BCUT2D eigenvalue weighted by molar-refractivity contribution is 5.77. The van der Waals surface area contributed by atoms with Gasteiger partial charge in [0.25, 0.3) is 0 Å². The largest absolute Gasteiger partial charge is 0.484 e. The fourth-order valence-electron chi connectivity index (χ4n) is 1.55. The molecule has 21 heavy (non-hydrogen) atoms. The zero-order chi connectivity index (χ0) is 15.7. The minimum atomic E-state index is -4.36. The predicted molar refractivity (Wildman–Crippen MR) is 76.2 cm³/mol. The molecule has 0 fully saturated rings. The molecular formula is C14H20F3N3O. The van der Waals surface area contributed by atoms with Gasteiger partial charge in [0.15, 0.2) is 12.6 Å². The third-order valence-electron chi connectivity index (χ3n) is 2.62. The Bertz CT molecular complexity index is 461. The Balaban J connectivity index is 2.60. The van der Waals surface area contributed by atoms with Crippen LogP contribution in [0.1, 0.15) is 25.3 Å². The number of unbranched alkanes of at least 4 members (excludes halogenated alkanes) is 1. The molecule has 0 aromatic heterocycles. The average molecular weight is 303 g/mol. The van der Waals surface area contributed by atoms with Gasteiger partial charge in [0.2, 0.25) is 0 Å². The lowest BCUT2D eigenvalue weighted by Crippen LogP contribution is -2.32. The number of guanidine groups is 1. The molecule has 0 saturated carbocycles. The molecule has 1 rings (SSSR count). The van der Waals surface area contributed by atoms with Gasteiger partial charge < -0.3 is 15.8 Å². The zero-order valence-electron chi connectivity index (χ0n) is 11.9. The Kier molecular flexibility index (Phi) is 6.84. The maximum Gasteiger partial charge on any atom is 0.422 e. The zero-order valence-corrected chi connectivity index (χ0v) is 11.9. The minimum Gasteiger partial charge on any atom is -0.484 e. The van der Waals surface area contributed by atoms with Crippen LogP contribution in [-0.4, -0.2) is 25.3 Å². The summed E-state index contributed by atoms with van der Waals surface area (Å²) in [4.78, 5) is 4.09. The van der Waals surface area contributed by atoms with E-state index in [1.807, 2.05) is 0 Å². The molecule has 7 heteroatoms. The monoisotopic (exact) mass is 303 g/mol. The molecule has 118 valence electrons. The van der Waals surface area contributed by atoms with Gasteiger partial charge in [-0.2, -0.15) is 13.2 Å². The summed E-state index contributed by atoms with van der Waals surface area (Å²) in [6.07, 6.45) is -2.35. The van der Waals surface area contributed by atoms with Crippen molar-refractivity contribution in [1.82, 2.24) is 5.32 Å². The second-order valence-electron chi connectivity index (χ2n) is 4.49. The van der Waals surface area contributed by atoms with Crippen LogP contribution in [-0.2, 0) is 6.54 Å². The normalized spacial score (nSPS) is 12.3. The SMILES string of the molecule is CCCCNC(N)=NCc1ccccc1OCC(F)(F)F. The van der Waals surface area contributed by atoms with E-state index in [2.05, 4.69) is 17.2 Å². The highest BCUT2D eigenvalue weighted by atomic mass is 19.4. The number of hydrogen-bond donors (Lipinski definition) is 2. The summed E-state index contributed by atoms with van der Waals surface area (Å²) in [7, 11) is 0. The van der Waals surface area contributed by atoms with Crippen molar-refractivity contribution in [2.24, 2.45) is 10.7 Å². The van der Waals surface area contributed by atoms with Gasteiger partial charge in [-0.3, -0.25) is 0 Å². The molecule has 0 saturated heterocycles. The first-order chi connectivity index (χ1) is 9.92. The first-order valence-electron chi connectivity index (χ1n) is 6.73.